The van der Waals surface area contributed by atoms with Crippen LogP contribution in [0.25, 0.3) is 0 Å². The summed E-state index contributed by atoms with van der Waals surface area (Å²) in [4.78, 5) is 50.7. The van der Waals surface area contributed by atoms with E-state index >= 15 is 0 Å². The van der Waals surface area contributed by atoms with Gasteiger partial charge in [0.2, 0.25) is 17.7 Å². The summed E-state index contributed by atoms with van der Waals surface area (Å²) < 4.78 is 35.2. The lowest BCUT2D eigenvalue weighted by molar-refractivity contribution is -0.140. The standard InChI is InChI=1S/C32H44F2N8O4/c33-32(34)8-14-40(15-9-32)28(43)19-23-6-13-41-21-24(23)7-18-46-30-26(5-4-10-35-30)29(44)36-27(31(41)45)20-25-22-42(38-37-25)17-16-39-11-2-1-3-12-39/h4-5,10,22-24,27H,1-3,6-9,11-21H2,(H,36,44)/t23-,24-,27+/m0/s1. The van der Waals surface area contributed by atoms with Crippen LogP contribution in [0.1, 0.15) is 67.4 Å². The highest BCUT2D eigenvalue weighted by molar-refractivity contribution is 5.99. The number of aromatic nitrogens is 4. The molecule has 3 amide bonds. The summed E-state index contributed by atoms with van der Waals surface area (Å²) in [7, 11) is 0. The molecule has 2 bridgehead atoms. The fourth-order valence-corrected chi connectivity index (χ4v) is 7.13. The Morgan fingerprint density at radius 1 is 1.04 bits per heavy atom. The zero-order valence-corrected chi connectivity index (χ0v) is 26.3. The topological polar surface area (TPSA) is 126 Å². The van der Waals surface area contributed by atoms with Crippen molar-refractivity contribution in [2.75, 3.05) is 52.4 Å². The number of fused-ring (bicyclic) bond motifs is 3. The van der Waals surface area contributed by atoms with Gasteiger partial charge in [0.1, 0.15) is 11.6 Å². The first-order valence-corrected chi connectivity index (χ1v) is 16.7. The molecule has 0 radical (unpaired) electrons. The normalized spacial score (nSPS) is 25.9. The van der Waals surface area contributed by atoms with E-state index in [9.17, 15) is 23.2 Å². The van der Waals surface area contributed by atoms with E-state index in [0.29, 0.717) is 38.2 Å². The monoisotopic (exact) mass is 642 g/mol. The summed E-state index contributed by atoms with van der Waals surface area (Å²) in [5.41, 5.74) is 0.844. The lowest BCUT2D eigenvalue weighted by atomic mass is 9.80. The Labute approximate surface area is 267 Å². The van der Waals surface area contributed by atoms with Gasteiger partial charge in [-0.05, 0) is 62.7 Å². The van der Waals surface area contributed by atoms with Gasteiger partial charge in [0.25, 0.3) is 11.8 Å². The van der Waals surface area contributed by atoms with Gasteiger partial charge < -0.3 is 24.8 Å². The van der Waals surface area contributed by atoms with Crippen molar-refractivity contribution in [3.8, 4) is 5.88 Å². The van der Waals surface area contributed by atoms with Gasteiger partial charge in [-0.25, -0.2) is 13.8 Å². The van der Waals surface area contributed by atoms with Gasteiger partial charge in [-0.3, -0.25) is 19.1 Å². The van der Waals surface area contributed by atoms with Crippen LogP contribution in [0.15, 0.2) is 24.5 Å². The fourth-order valence-electron chi connectivity index (χ4n) is 7.13. The van der Waals surface area contributed by atoms with Gasteiger partial charge in [-0.2, -0.15) is 0 Å². The second kappa shape index (κ2) is 14.4. The van der Waals surface area contributed by atoms with E-state index in [1.54, 1.807) is 32.8 Å². The zero-order chi connectivity index (χ0) is 32.1. The Morgan fingerprint density at radius 2 is 1.85 bits per heavy atom. The number of ether oxygens (including phenoxy) is 1. The molecule has 1 N–H and O–H groups in total. The van der Waals surface area contributed by atoms with Crippen molar-refractivity contribution in [3.05, 3.63) is 35.8 Å². The lowest BCUT2D eigenvalue weighted by Gasteiger charge is -2.41. The molecule has 46 heavy (non-hydrogen) atoms. The maximum atomic E-state index is 14.1. The van der Waals surface area contributed by atoms with E-state index in [0.717, 1.165) is 19.6 Å². The largest absolute Gasteiger partial charge is 0.477 e. The van der Waals surface area contributed by atoms with Gasteiger partial charge >= 0.3 is 0 Å². The van der Waals surface area contributed by atoms with Crippen LogP contribution < -0.4 is 10.1 Å². The maximum Gasteiger partial charge on any atom is 0.257 e. The molecule has 6 heterocycles. The van der Waals surface area contributed by atoms with Gasteiger partial charge in [0.05, 0.1) is 18.8 Å². The van der Waals surface area contributed by atoms with E-state index in [4.69, 9.17) is 4.74 Å². The molecule has 0 spiro atoms. The molecular weight excluding hydrogens is 598 g/mol. The molecule has 2 aromatic heterocycles. The second-order valence-corrected chi connectivity index (χ2v) is 13.1. The van der Waals surface area contributed by atoms with E-state index in [-0.39, 0.29) is 80.5 Å². The second-order valence-electron chi connectivity index (χ2n) is 13.1. The van der Waals surface area contributed by atoms with Crippen molar-refractivity contribution in [3.63, 3.8) is 0 Å². The van der Waals surface area contributed by atoms with Crippen LogP contribution >= 0.6 is 0 Å². The average molecular weight is 643 g/mol. The predicted octanol–water partition coefficient (Wildman–Crippen LogP) is 2.40. The number of carbonyl (C=O) groups is 3. The third kappa shape index (κ3) is 7.99. The summed E-state index contributed by atoms with van der Waals surface area (Å²) >= 11 is 0. The number of hydrogen-bond acceptors (Lipinski definition) is 8. The Hall–Kier alpha value is -3.68. The number of rotatable bonds is 7. The van der Waals surface area contributed by atoms with Gasteiger partial charge in [-0.15, -0.1) is 5.10 Å². The molecule has 12 nitrogen and oxygen atoms in total. The van der Waals surface area contributed by atoms with E-state index in [2.05, 4.69) is 25.5 Å². The van der Waals surface area contributed by atoms with E-state index < -0.39 is 17.9 Å². The molecule has 0 aliphatic carbocycles. The number of nitrogens with one attached hydrogen (secondary N) is 1. The van der Waals surface area contributed by atoms with E-state index in [1.165, 1.54) is 19.3 Å². The van der Waals surface area contributed by atoms with Crippen molar-refractivity contribution in [1.82, 2.24) is 40.0 Å². The quantitative estimate of drug-likeness (QED) is 0.488. The molecule has 3 saturated heterocycles. The molecule has 2 aromatic rings. The number of likely N-dealkylation sites (tertiary alicyclic amines) is 2. The van der Waals surface area contributed by atoms with Crippen molar-refractivity contribution in [2.24, 2.45) is 11.8 Å². The van der Waals surface area contributed by atoms with E-state index in [1.807, 2.05) is 6.20 Å². The molecule has 4 aliphatic rings. The Kier molecular flexibility index (Phi) is 10.1. The highest BCUT2D eigenvalue weighted by Gasteiger charge is 2.39. The zero-order valence-electron chi connectivity index (χ0n) is 26.3. The molecule has 0 unspecified atom stereocenters. The number of amides is 3. The Morgan fingerprint density at radius 3 is 2.65 bits per heavy atom. The molecule has 0 aromatic carbocycles. The van der Waals surface area contributed by atoms with Gasteiger partial charge in [0.15, 0.2) is 0 Å². The van der Waals surface area contributed by atoms with Crippen LogP contribution in [0.5, 0.6) is 5.88 Å². The van der Waals surface area contributed by atoms with Crippen LogP contribution in [0.3, 0.4) is 0 Å². The molecule has 250 valence electrons. The molecule has 0 saturated carbocycles. The first kappa shape index (κ1) is 32.3. The summed E-state index contributed by atoms with van der Waals surface area (Å²) in [6.07, 6.45) is 8.03. The third-order valence-corrected chi connectivity index (χ3v) is 9.93. The van der Waals surface area contributed by atoms with Crippen LogP contribution in [0.4, 0.5) is 8.78 Å². The summed E-state index contributed by atoms with van der Waals surface area (Å²) in [5.74, 6) is -3.39. The first-order valence-electron chi connectivity index (χ1n) is 16.7. The minimum atomic E-state index is -2.72. The van der Waals surface area contributed by atoms with Gasteiger partial charge in [-0.1, -0.05) is 11.6 Å². The lowest BCUT2D eigenvalue weighted by Crippen LogP contribution is -2.54. The molecule has 3 fully saturated rings. The smallest absolute Gasteiger partial charge is 0.257 e. The van der Waals surface area contributed by atoms with Gasteiger partial charge in [0, 0.05) is 70.8 Å². The maximum absolute atomic E-state index is 14.1. The number of halogens is 2. The first-order chi connectivity index (χ1) is 22.2. The highest BCUT2D eigenvalue weighted by Crippen LogP contribution is 2.33. The number of carbonyl (C=O) groups excluding carboxylic acids is 3. The number of hydrogen-bond donors (Lipinski definition) is 1. The molecule has 4 aliphatic heterocycles. The number of alkyl halides is 2. The number of pyridine rings is 1. The van der Waals surface area contributed by atoms with Crippen molar-refractivity contribution in [1.29, 1.82) is 0 Å². The Bertz CT molecular complexity index is 1370. The molecule has 14 heteroatoms. The minimum absolute atomic E-state index is 0.0263. The van der Waals surface area contributed by atoms with Crippen LogP contribution in [-0.2, 0) is 22.6 Å². The predicted molar refractivity (Wildman–Crippen MR) is 163 cm³/mol. The van der Waals surface area contributed by atoms with Crippen LogP contribution in [0, 0.1) is 11.8 Å². The SMILES string of the molecule is O=C1N[C@H](Cc2cn(CCN3CCCCC3)nn2)C(=O)N2CC[C@@H](CC(=O)N3CCC(F)(F)CC3)[C@@H](CCOc3ncccc31)C2. The summed E-state index contributed by atoms with van der Waals surface area (Å²) in [6.45, 7) is 4.97. The summed E-state index contributed by atoms with van der Waals surface area (Å²) in [6, 6.07) is 2.38. The highest BCUT2D eigenvalue weighted by atomic mass is 19.3. The summed E-state index contributed by atoms with van der Waals surface area (Å²) in [5, 5.41) is 11.5. The van der Waals surface area contributed by atoms with Crippen molar-refractivity contribution in [2.45, 2.75) is 76.3 Å². The minimum Gasteiger partial charge on any atom is -0.477 e. The number of piperidine rings is 3. The van der Waals surface area contributed by atoms with Crippen molar-refractivity contribution >= 4 is 17.7 Å². The average Bonchev–Trinajstić information content (AvgIpc) is 3.51. The molecule has 6 rings (SSSR count). The number of nitrogens with zero attached hydrogens (tertiary/aromatic N) is 7. The molecular formula is C32H44F2N8O4. The third-order valence-electron chi connectivity index (χ3n) is 9.93. The Balaban J connectivity index is 1.16. The molecule has 3 atom stereocenters. The van der Waals surface area contributed by atoms with Crippen LogP contribution in [0.2, 0.25) is 0 Å². The fraction of sp³-hybridized carbons (Fsp3) is 0.688. The van der Waals surface area contributed by atoms with Crippen LogP contribution in [-0.4, -0.2) is 117 Å². The van der Waals surface area contributed by atoms with Crippen molar-refractivity contribution < 1.29 is 27.9 Å².